The topological polar surface area (TPSA) is 79.3 Å². The Labute approximate surface area is 207 Å². The van der Waals surface area contributed by atoms with Gasteiger partial charge in [-0.15, -0.1) is 0 Å². The summed E-state index contributed by atoms with van der Waals surface area (Å²) in [6, 6.07) is 13.5. The Hall–Kier alpha value is -3.32. The van der Waals surface area contributed by atoms with Gasteiger partial charge in [0.15, 0.2) is 0 Å². The predicted molar refractivity (Wildman–Crippen MR) is 137 cm³/mol. The number of hydrogen-bond donors (Lipinski definition) is 1. The van der Waals surface area contributed by atoms with E-state index in [9.17, 15) is 14.7 Å². The molecule has 0 radical (unpaired) electrons. The largest absolute Gasteiger partial charge is 0.507 e. The smallest absolute Gasteiger partial charge is 0.295 e. The van der Waals surface area contributed by atoms with Crippen LogP contribution in [0.5, 0.6) is 11.5 Å². The molecule has 0 saturated carbocycles. The minimum absolute atomic E-state index is 0.0145. The molecular formula is C28H36N2O5. The van der Waals surface area contributed by atoms with Gasteiger partial charge < -0.3 is 24.4 Å². The first-order valence-corrected chi connectivity index (χ1v) is 12.3. The van der Waals surface area contributed by atoms with Gasteiger partial charge in [0.05, 0.1) is 24.3 Å². The molecule has 1 heterocycles. The summed E-state index contributed by atoms with van der Waals surface area (Å²) in [7, 11) is 0. The van der Waals surface area contributed by atoms with E-state index in [1.54, 1.807) is 29.2 Å². The molecule has 3 rings (SSSR count). The van der Waals surface area contributed by atoms with Crippen LogP contribution in [-0.2, 0) is 9.59 Å². The maximum Gasteiger partial charge on any atom is 0.295 e. The second kappa shape index (κ2) is 11.9. The lowest BCUT2D eigenvalue weighted by Gasteiger charge is -2.29. The molecule has 1 aliphatic rings. The monoisotopic (exact) mass is 480 g/mol. The highest BCUT2D eigenvalue weighted by Gasteiger charge is 2.46. The number of ether oxygens (including phenoxy) is 2. The van der Waals surface area contributed by atoms with Crippen LogP contribution in [0, 0.1) is 0 Å². The van der Waals surface area contributed by atoms with Gasteiger partial charge in [-0.2, -0.15) is 0 Å². The Kier molecular flexibility index (Phi) is 8.93. The zero-order valence-electron chi connectivity index (χ0n) is 21.3. The van der Waals surface area contributed by atoms with Crippen molar-refractivity contribution in [1.29, 1.82) is 0 Å². The summed E-state index contributed by atoms with van der Waals surface area (Å²) < 4.78 is 11.5. The number of Topliss-reactive ketones (excluding diaryl/α,β-unsaturated/α-hetero) is 1. The van der Waals surface area contributed by atoms with Gasteiger partial charge in [0.25, 0.3) is 11.7 Å². The zero-order chi connectivity index (χ0) is 25.5. The summed E-state index contributed by atoms with van der Waals surface area (Å²) in [6.45, 7) is 13.0. The number of nitrogens with zero attached hydrogens (tertiary/aromatic N) is 2. The van der Waals surface area contributed by atoms with E-state index in [0.717, 1.165) is 13.1 Å². The first-order valence-electron chi connectivity index (χ1n) is 12.3. The second-order valence-electron chi connectivity index (χ2n) is 8.68. The molecule has 1 aliphatic heterocycles. The fourth-order valence-corrected chi connectivity index (χ4v) is 4.34. The fraction of sp³-hybridized carbons (Fsp3) is 0.429. The van der Waals surface area contributed by atoms with Crippen LogP contribution in [0.15, 0.2) is 54.1 Å². The standard InChI is InChI=1S/C28H36N2O5/c1-6-29(7-2)17-18-30-25(22-11-9-10-12-23(22)34-8-3)24(27(32)28(30)33)26(31)20-13-15-21(16-14-20)35-19(4)5/h9-16,19,25,31H,6-8,17-18H2,1-5H3/b26-24-. The summed E-state index contributed by atoms with van der Waals surface area (Å²) in [6.07, 6.45) is 0.0145. The van der Waals surface area contributed by atoms with Crippen molar-refractivity contribution >= 4 is 17.4 Å². The third kappa shape index (κ3) is 5.85. The van der Waals surface area contributed by atoms with Gasteiger partial charge in [0, 0.05) is 24.2 Å². The van der Waals surface area contributed by atoms with Gasteiger partial charge in [-0.25, -0.2) is 0 Å². The van der Waals surface area contributed by atoms with Gasteiger partial charge in [-0.1, -0.05) is 32.0 Å². The van der Waals surface area contributed by atoms with Crippen LogP contribution in [0.3, 0.4) is 0 Å². The average molecular weight is 481 g/mol. The highest BCUT2D eigenvalue weighted by Crippen LogP contribution is 2.42. The lowest BCUT2D eigenvalue weighted by molar-refractivity contribution is -0.140. The molecule has 0 aromatic heterocycles. The quantitative estimate of drug-likeness (QED) is 0.287. The number of ketones is 1. The molecule has 0 aliphatic carbocycles. The average Bonchev–Trinajstić information content (AvgIpc) is 3.10. The number of rotatable bonds is 11. The van der Waals surface area contributed by atoms with Crippen molar-refractivity contribution in [2.24, 2.45) is 0 Å². The number of para-hydroxylation sites is 1. The Morgan fingerprint density at radius 2 is 1.69 bits per heavy atom. The van der Waals surface area contributed by atoms with E-state index in [1.807, 2.05) is 45.0 Å². The zero-order valence-corrected chi connectivity index (χ0v) is 21.3. The van der Waals surface area contributed by atoms with E-state index in [2.05, 4.69) is 18.7 Å². The Bertz CT molecular complexity index is 1060. The molecular weight excluding hydrogens is 444 g/mol. The van der Waals surface area contributed by atoms with Gasteiger partial charge >= 0.3 is 0 Å². The third-order valence-corrected chi connectivity index (χ3v) is 6.10. The van der Waals surface area contributed by atoms with Gasteiger partial charge in [-0.3, -0.25) is 9.59 Å². The van der Waals surface area contributed by atoms with Crippen LogP contribution in [0.25, 0.3) is 5.76 Å². The van der Waals surface area contributed by atoms with E-state index in [-0.39, 0.29) is 17.4 Å². The van der Waals surface area contributed by atoms with Crippen LogP contribution in [0.2, 0.25) is 0 Å². The van der Waals surface area contributed by atoms with Crippen LogP contribution in [0.4, 0.5) is 0 Å². The minimum atomic E-state index is -0.750. The van der Waals surface area contributed by atoms with Crippen molar-refractivity contribution < 1.29 is 24.2 Å². The molecule has 188 valence electrons. The van der Waals surface area contributed by atoms with Crippen molar-refractivity contribution in [3.63, 3.8) is 0 Å². The Morgan fingerprint density at radius 3 is 2.29 bits per heavy atom. The maximum atomic E-state index is 13.3. The molecule has 35 heavy (non-hydrogen) atoms. The van der Waals surface area contributed by atoms with Crippen LogP contribution in [-0.4, -0.2) is 65.5 Å². The van der Waals surface area contributed by atoms with E-state index >= 15 is 0 Å². The molecule has 7 nitrogen and oxygen atoms in total. The lowest BCUT2D eigenvalue weighted by atomic mass is 9.94. The van der Waals surface area contributed by atoms with Crippen molar-refractivity contribution in [2.45, 2.75) is 46.8 Å². The number of likely N-dealkylation sites (N-methyl/N-ethyl adjacent to an activating group) is 1. The number of aliphatic hydroxyl groups is 1. The summed E-state index contributed by atoms with van der Waals surface area (Å²) in [5.41, 5.74) is 1.19. The second-order valence-corrected chi connectivity index (χ2v) is 8.68. The highest BCUT2D eigenvalue weighted by molar-refractivity contribution is 6.46. The van der Waals surface area contributed by atoms with E-state index < -0.39 is 17.7 Å². The molecule has 1 fully saturated rings. The molecule has 7 heteroatoms. The molecule has 1 unspecified atom stereocenters. The maximum absolute atomic E-state index is 13.3. The fourth-order valence-electron chi connectivity index (χ4n) is 4.34. The number of benzene rings is 2. The molecule has 1 atom stereocenters. The number of likely N-dealkylation sites (tertiary alicyclic amines) is 1. The van der Waals surface area contributed by atoms with Crippen LogP contribution < -0.4 is 9.47 Å². The van der Waals surface area contributed by atoms with E-state index in [1.165, 1.54) is 0 Å². The normalized spacial score (nSPS) is 17.5. The van der Waals surface area contributed by atoms with E-state index in [4.69, 9.17) is 9.47 Å². The van der Waals surface area contributed by atoms with Crippen LogP contribution in [0.1, 0.15) is 51.8 Å². The summed E-state index contributed by atoms with van der Waals surface area (Å²) in [4.78, 5) is 30.3. The van der Waals surface area contributed by atoms with Crippen molar-refractivity contribution in [2.75, 3.05) is 32.8 Å². The summed E-state index contributed by atoms with van der Waals surface area (Å²) >= 11 is 0. The molecule has 0 spiro atoms. The van der Waals surface area contributed by atoms with Crippen LogP contribution >= 0.6 is 0 Å². The minimum Gasteiger partial charge on any atom is -0.507 e. The van der Waals surface area contributed by atoms with Gasteiger partial charge in [0.2, 0.25) is 0 Å². The lowest BCUT2D eigenvalue weighted by Crippen LogP contribution is -2.38. The number of hydrogen-bond acceptors (Lipinski definition) is 6. The van der Waals surface area contributed by atoms with Gasteiger partial charge in [0.1, 0.15) is 17.3 Å². The number of amides is 1. The number of carbonyl (C=O) groups excluding carboxylic acids is 2. The molecule has 1 N–H and O–H groups in total. The highest BCUT2D eigenvalue weighted by atomic mass is 16.5. The molecule has 0 bridgehead atoms. The SMILES string of the molecule is CCOc1ccccc1C1/C(=C(/O)c2ccc(OC(C)C)cc2)C(=O)C(=O)N1CCN(CC)CC. The molecule has 1 amide bonds. The van der Waals surface area contributed by atoms with Gasteiger partial charge in [-0.05, 0) is 64.2 Å². The Morgan fingerprint density at radius 1 is 1.03 bits per heavy atom. The van der Waals surface area contributed by atoms with Crippen molar-refractivity contribution in [3.05, 3.63) is 65.2 Å². The first-order chi connectivity index (χ1) is 16.8. The van der Waals surface area contributed by atoms with Crippen molar-refractivity contribution in [3.8, 4) is 11.5 Å². The van der Waals surface area contributed by atoms with E-state index in [0.29, 0.717) is 42.3 Å². The molecule has 1 saturated heterocycles. The summed E-state index contributed by atoms with van der Waals surface area (Å²) in [5.74, 6) is -0.271. The number of carbonyl (C=O) groups is 2. The predicted octanol–water partition coefficient (Wildman–Crippen LogP) is 4.64. The third-order valence-electron chi connectivity index (χ3n) is 6.10. The Balaban J connectivity index is 2.10. The molecule has 2 aromatic rings. The first kappa shape index (κ1) is 26.3. The molecule has 2 aromatic carbocycles. The number of aliphatic hydroxyl groups excluding tert-OH is 1. The summed E-state index contributed by atoms with van der Waals surface area (Å²) in [5, 5.41) is 11.3. The van der Waals surface area contributed by atoms with Crippen molar-refractivity contribution in [1.82, 2.24) is 9.80 Å².